The van der Waals surface area contributed by atoms with Gasteiger partial charge in [-0.05, 0) is 17.9 Å². The molecule has 2 rings (SSSR count). The third-order valence-electron chi connectivity index (χ3n) is 3.40. The quantitative estimate of drug-likeness (QED) is 0.629. The number of benzene rings is 1. The van der Waals surface area contributed by atoms with E-state index in [9.17, 15) is 9.59 Å². The first-order valence-corrected chi connectivity index (χ1v) is 8.42. The molecule has 0 unspecified atom stereocenters. The lowest BCUT2D eigenvalue weighted by molar-refractivity contribution is 0.102. The van der Waals surface area contributed by atoms with Gasteiger partial charge in [-0.1, -0.05) is 56.8 Å². The van der Waals surface area contributed by atoms with Gasteiger partial charge in [0, 0.05) is 12.1 Å². The standard InChI is InChI=1S/C16H21N3O2S/c1-4-9-19-15(21)17-18-16(19)22-10-14(20)13-7-5-12(6-8-13)11(2)3/h5-8,11H,4,9-10H2,1-3H3,(H,17,21). The van der Waals surface area contributed by atoms with E-state index in [0.29, 0.717) is 23.2 Å². The van der Waals surface area contributed by atoms with Crippen molar-refractivity contribution in [3.8, 4) is 0 Å². The van der Waals surface area contributed by atoms with Crippen LogP contribution in [0.1, 0.15) is 49.0 Å². The summed E-state index contributed by atoms with van der Waals surface area (Å²) in [6, 6.07) is 7.71. The van der Waals surface area contributed by atoms with Crippen LogP contribution in [0.25, 0.3) is 0 Å². The molecule has 2 aromatic rings. The van der Waals surface area contributed by atoms with Crippen LogP contribution < -0.4 is 5.69 Å². The van der Waals surface area contributed by atoms with Crippen LogP contribution in [0.4, 0.5) is 0 Å². The van der Waals surface area contributed by atoms with Crippen molar-refractivity contribution >= 4 is 17.5 Å². The summed E-state index contributed by atoms with van der Waals surface area (Å²) in [7, 11) is 0. The van der Waals surface area contributed by atoms with Crippen molar-refractivity contribution < 1.29 is 4.79 Å². The third kappa shape index (κ3) is 3.88. The summed E-state index contributed by atoms with van der Waals surface area (Å²) in [5.41, 5.74) is 1.68. The van der Waals surface area contributed by atoms with Crippen LogP contribution in [-0.2, 0) is 6.54 Å². The van der Waals surface area contributed by atoms with Crippen LogP contribution in [0.15, 0.2) is 34.2 Å². The Labute approximate surface area is 134 Å². The smallest absolute Gasteiger partial charge is 0.293 e. The number of thioether (sulfide) groups is 1. The lowest BCUT2D eigenvalue weighted by Crippen LogP contribution is -2.17. The number of hydrogen-bond donors (Lipinski definition) is 1. The first-order valence-electron chi connectivity index (χ1n) is 7.44. The van der Waals surface area contributed by atoms with Gasteiger partial charge in [0.15, 0.2) is 10.9 Å². The molecule has 0 spiro atoms. The molecule has 0 saturated carbocycles. The summed E-state index contributed by atoms with van der Waals surface area (Å²) in [6.45, 7) is 6.85. The highest BCUT2D eigenvalue weighted by molar-refractivity contribution is 7.99. The monoisotopic (exact) mass is 319 g/mol. The van der Waals surface area contributed by atoms with E-state index in [1.807, 2.05) is 31.2 Å². The fraction of sp³-hybridized carbons (Fsp3) is 0.438. The molecule has 0 aliphatic carbocycles. The lowest BCUT2D eigenvalue weighted by Gasteiger charge is -2.06. The largest absolute Gasteiger partial charge is 0.343 e. The predicted molar refractivity (Wildman–Crippen MR) is 88.7 cm³/mol. The second-order valence-corrected chi connectivity index (χ2v) is 6.39. The van der Waals surface area contributed by atoms with Gasteiger partial charge in [-0.15, -0.1) is 5.10 Å². The number of nitrogens with one attached hydrogen (secondary N) is 1. The van der Waals surface area contributed by atoms with Gasteiger partial charge in [0.05, 0.1) is 5.75 Å². The molecule has 1 aromatic heterocycles. The Bertz CT molecular complexity index is 686. The van der Waals surface area contributed by atoms with E-state index < -0.39 is 0 Å². The molecule has 1 N–H and O–H groups in total. The van der Waals surface area contributed by atoms with Crippen LogP contribution in [-0.4, -0.2) is 26.3 Å². The number of nitrogens with zero attached hydrogens (tertiary/aromatic N) is 2. The molecule has 0 amide bonds. The van der Waals surface area contributed by atoms with Crippen LogP contribution in [0, 0.1) is 0 Å². The molecule has 0 aliphatic rings. The first kappa shape index (κ1) is 16.5. The number of H-pyrrole nitrogens is 1. The Morgan fingerprint density at radius 1 is 1.32 bits per heavy atom. The minimum Gasteiger partial charge on any atom is -0.293 e. The van der Waals surface area contributed by atoms with Gasteiger partial charge in [-0.25, -0.2) is 9.89 Å². The number of carbonyl (C=O) groups excluding carboxylic acids is 1. The molecule has 0 radical (unpaired) electrons. The zero-order valence-electron chi connectivity index (χ0n) is 13.1. The summed E-state index contributed by atoms with van der Waals surface area (Å²) in [5, 5.41) is 6.97. The van der Waals surface area contributed by atoms with Crippen LogP contribution in [0.2, 0.25) is 0 Å². The van der Waals surface area contributed by atoms with Crippen molar-refractivity contribution in [2.24, 2.45) is 0 Å². The molecule has 118 valence electrons. The Hall–Kier alpha value is -1.82. The molecule has 5 nitrogen and oxygen atoms in total. The van der Waals surface area contributed by atoms with Gasteiger partial charge < -0.3 is 0 Å². The topological polar surface area (TPSA) is 67.8 Å². The molecule has 0 aliphatic heterocycles. The maximum absolute atomic E-state index is 12.2. The minimum atomic E-state index is -0.224. The lowest BCUT2D eigenvalue weighted by atomic mass is 10.0. The van der Waals surface area contributed by atoms with Crippen molar-refractivity contribution in [1.82, 2.24) is 14.8 Å². The number of carbonyl (C=O) groups is 1. The van der Waals surface area contributed by atoms with E-state index >= 15 is 0 Å². The highest BCUT2D eigenvalue weighted by Crippen LogP contribution is 2.18. The predicted octanol–water partition coefficient (Wildman–Crippen LogP) is 3.08. The summed E-state index contributed by atoms with van der Waals surface area (Å²) in [6.07, 6.45) is 0.845. The van der Waals surface area contributed by atoms with E-state index in [2.05, 4.69) is 24.0 Å². The van der Waals surface area contributed by atoms with E-state index in [-0.39, 0.29) is 17.2 Å². The molecular weight excluding hydrogens is 298 g/mol. The summed E-state index contributed by atoms with van der Waals surface area (Å²) in [5.74, 6) is 0.763. The number of hydrogen-bond acceptors (Lipinski definition) is 4. The van der Waals surface area contributed by atoms with Crippen molar-refractivity contribution in [3.05, 3.63) is 45.9 Å². The van der Waals surface area contributed by atoms with Gasteiger partial charge in [0.25, 0.3) is 0 Å². The van der Waals surface area contributed by atoms with Gasteiger partial charge in [0.2, 0.25) is 0 Å². The summed E-state index contributed by atoms with van der Waals surface area (Å²) < 4.78 is 1.57. The molecule has 0 fully saturated rings. The third-order valence-corrected chi connectivity index (χ3v) is 4.38. The van der Waals surface area contributed by atoms with Crippen molar-refractivity contribution in [2.45, 2.75) is 44.8 Å². The Morgan fingerprint density at radius 2 is 2.00 bits per heavy atom. The van der Waals surface area contributed by atoms with E-state index in [1.54, 1.807) is 4.57 Å². The van der Waals surface area contributed by atoms with E-state index in [4.69, 9.17) is 0 Å². The van der Waals surface area contributed by atoms with Crippen molar-refractivity contribution in [2.75, 3.05) is 5.75 Å². The molecule has 1 heterocycles. The fourth-order valence-electron chi connectivity index (χ4n) is 2.10. The van der Waals surface area contributed by atoms with Gasteiger partial charge in [0.1, 0.15) is 0 Å². The average molecular weight is 319 g/mol. The SMILES string of the molecule is CCCn1c(SCC(=O)c2ccc(C(C)C)cc2)n[nH]c1=O. The zero-order chi connectivity index (χ0) is 16.1. The molecular formula is C16H21N3O2S. The first-order chi connectivity index (χ1) is 10.5. The van der Waals surface area contributed by atoms with Gasteiger partial charge in [-0.3, -0.25) is 9.36 Å². The van der Waals surface area contributed by atoms with Crippen LogP contribution >= 0.6 is 11.8 Å². The normalized spacial score (nSPS) is 11.1. The number of rotatable bonds is 7. The Kier molecular flexibility index (Phi) is 5.60. The van der Waals surface area contributed by atoms with Crippen LogP contribution in [0.3, 0.4) is 0 Å². The number of Topliss-reactive ketones (excluding diaryl/α,β-unsaturated/α-hetero) is 1. The Morgan fingerprint density at radius 3 is 2.59 bits per heavy atom. The van der Waals surface area contributed by atoms with E-state index in [1.165, 1.54) is 17.3 Å². The molecule has 6 heteroatoms. The molecule has 0 atom stereocenters. The zero-order valence-corrected chi connectivity index (χ0v) is 13.9. The highest BCUT2D eigenvalue weighted by Gasteiger charge is 2.12. The summed E-state index contributed by atoms with van der Waals surface area (Å²) >= 11 is 1.29. The van der Waals surface area contributed by atoms with Crippen molar-refractivity contribution in [1.29, 1.82) is 0 Å². The maximum Gasteiger partial charge on any atom is 0.343 e. The second kappa shape index (κ2) is 7.45. The average Bonchev–Trinajstić information content (AvgIpc) is 2.86. The van der Waals surface area contributed by atoms with E-state index in [0.717, 1.165) is 6.42 Å². The molecule has 1 aromatic carbocycles. The Balaban J connectivity index is 2.02. The van der Waals surface area contributed by atoms with Crippen LogP contribution in [0.5, 0.6) is 0 Å². The molecule has 22 heavy (non-hydrogen) atoms. The van der Waals surface area contributed by atoms with Crippen molar-refractivity contribution in [3.63, 3.8) is 0 Å². The molecule has 0 bridgehead atoms. The summed E-state index contributed by atoms with van der Waals surface area (Å²) in [4.78, 5) is 23.8. The second-order valence-electron chi connectivity index (χ2n) is 5.45. The van der Waals surface area contributed by atoms with Gasteiger partial charge in [-0.2, -0.15) is 0 Å². The number of ketones is 1. The highest BCUT2D eigenvalue weighted by atomic mass is 32.2. The fourth-order valence-corrected chi connectivity index (χ4v) is 2.97. The van der Waals surface area contributed by atoms with Gasteiger partial charge >= 0.3 is 5.69 Å². The number of aromatic amines is 1. The number of aromatic nitrogens is 3. The minimum absolute atomic E-state index is 0.0406. The maximum atomic E-state index is 12.2. The molecule has 0 saturated heterocycles.